The van der Waals surface area contributed by atoms with Gasteiger partial charge in [0.2, 0.25) is 0 Å². The van der Waals surface area contributed by atoms with Gasteiger partial charge < -0.3 is 4.90 Å². The van der Waals surface area contributed by atoms with Gasteiger partial charge in [-0.25, -0.2) is 5.01 Å². The second-order valence-corrected chi connectivity index (χ2v) is 12.4. The molecule has 0 aliphatic heterocycles. The number of benzene rings is 7. The third kappa shape index (κ3) is 7.64. The number of anilines is 5. The van der Waals surface area contributed by atoms with Gasteiger partial charge in [0.25, 0.3) is 0 Å². The predicted molar refractivity (Wildman–Crippen MR) is 213 cm³/mol. The zero-order valence-corrected chi connectivity index (χ0v) is 28.4. The zero-order valence-electron chi connectivity index (χ0n) is 28.4. The van der Waals surface area contributed by atoms with Crippen molar-refractivity contribution >= 4 is 46.3 Å². The molecule has 0 N–H and O–H groups in total. The number of hydrogen-bond donors (Lipinski definition) is 0. The fraction of sp³-hybridized carbons (Fsp3) is 0.0426. The summed E-state index contributed by atoms with van der Waals surface area (Å²) in [6.45, 7) is 4.20. The van der Waals surface area contributed by atoms with Crippen LogP contribution in [0.25, 0.3) is 11.6 Å². The fourth-order valence-corrected chi connectivity index (χ4v) is 5.97. The Morgan fingerprint density at radius 1 is 0.400 bits per heavy atom. The molecule has 0 aliphatic rings. The first kappa shape index (κ1) is 32.1. The molecule has 0 aromatic heterocycles. The minimum Gasteiger partial charge on any atom is -0.311 e. The summed E-state index contributed by atoms with van der Waals surface area (Å²) in [6.07, 6.45) is 4.19. The van der Waals surface area contributed by atoms with Crippen molar-refractivity contribution in [3.05, 3.63) is 221 Å². The third-order valence-electron chi connectivity index (χ3n) is 8.68. The molecule has 3 heteroatoms. The maximum absolute atomic E-state index is 4.95. The smallest absolute Gasteiger partial charge is 0.0652 e. The van der Waals surface area contributed by atoms with Crippen LogP contribution in [0.15, 0.2) is 193 Å². The number of nitrogens with zero attached hydrogens (tertiary/aromatic N) is 3. The maximum atomic E-state index is 4.95. The first-order valence-corrected chi connectivity index (χ1v) is 17.0. The molecule has 0 fully saturated rings. The Kier molecular flexibility index (Phi) is 9.75. The minimum absolute atomic E-state index is 1.01. The highest BCUT2D eigenvalue weighted by Crippen LogP contribution is 2.35. The van der Waals surface area contributed by atoms with Gasteiger partial charge in [-0.3, -0.25) is 0 Å². The van der Waals surface area contributed by atoms with E-state index >= 15 is 0 Å². The molecule has 7 rings (SSSR count). The van der Waals surface area contributed by atoms with Crippen molar-refractivity contribution in [1.29, 1.82) is 0 Å². The van der Waals surface area contributed by atoms with Gasteiger partial charge in [-0.1, -0.05) is 139 Å². The van der Waals surface area contributed by atoms with Crippen LogP contribution in [0.4, 0.5) is 28.4 Å². The van der Waals surface area contributed by atoms with Crippen LogP contribution in [0.1, 0.15) is 33.4 Å². The molecular formula is C47H39N3. The van der Waals surface area contributed by atoms with Gasteiger partial charge in [-0.05, 0) is 108 Å². The van der Waals surface area contributed by atoms with E-state index in [4.69, 9.17) is 5.10 Å². The van der Waals surface area contributed by atoms with E-state index in [1.54, 1.807) is 0 Å². The van der Waals surface area contributed by atoms with E-state index in [1.165, 1.54) is 27.8 Å². The van der Waals surface area contributed by atoms with Crippen LogP contribution in [0.5, 0.6) is 0 Å². The molecule has 0 saturated carbocycles. The van der Waals surface area contributed by atoms with Crippen molar-refractivity contribution in [2.24, 2.45) is 5.10 Å². The molecule has 0 aliphatic carbocycles. The molecular weight excluding hydrogens is 607 g/mol. The molecule has 0 radical (unpaired) electrons. The van der Waals surface area contributed by atoms with Crippen molar-refractivity contribution in [2.45, 2.75) is 13.8 Å². The van der Waals surface area contributed by atoms with Crippen LogP contribution in [0, 0.1) is 13.8 Å². The minimum atomic E-state index is 1.01. The summed E-state index contributed by atoms with van der Waals surface area (Å²) in [7, 11) is 0. The van der Waals surface area contributed by atoms with Crippen molar-refractivity contribution in [3.63, 3.8) is 0 Å². The Balaban J connectivity index is 1.18. The SMILES string of the molecule is Cc1ccc(N(N=Cc2ccc(N(c3ccccc3)c3ccc(C=C(c4ccccc4)c4ccccc4)cc3)cc2)c2ccc(C)cc2)cc1. The largest absolute Gasteiger partial charge is 0.311 e. The second-order valence-electron chi connectivity index (χ2n) is 12.4. The van der Waals surface area contributed by atoms with E-state index in [0.717, 1.165) is 39.6 Å². The molecule has 7 aromatic carbocycles. The molecule has 7 aromatic rings. The summed E-state index contributed by atoms with van der Waals surface area (Å²) in [5.74, 6) is 0. The first-order valence-electron chi connectivity index (χ1n) is 17.0. The number of rotatable bonds is 10. The van der Waals surface area contributed by atoms with E-state index in [1.807, 2.05) is 11.2 Å². The van der Waals surface area contributed by atoms with Gasteiger partial charge in [0, 0.05) is 17.1 Å². The van der Waals surface area contributed by atoms with Gasteiger partial charge in [-0.2, -0.15) is 5.10 Å². The van der Waals surface area contributed by atoms with Gasteiger partial charge in [-0.15, -0.1) is 0 Å². The maximum Gasteiger partial charge on any atom is 0.0652 e. The van der Waals surface area contributed by atoms with Gasteiger partial charge in [0.1, 0.15) is 0 Å². The molecule has 0 atom stereocenters. The van der Waals surface area contributed by atoms with Crippen LogP contribution in [0.3, 0.4) is 0 Å². The number of para-hydroxylation sites is 1. The summed E-state index contributed by atoms with van der Waals surface area (Å²) in [4.78, 5) is 2.29. The van der Waals surface area contributed by atoms with Crippen molar-refractivity contribution in [2.75, 3.05) is 9.91 Å². The monoisotopic (exact) mass is 645 g/mol. The van der Waals surface area contributed by atoms with E-state index in [2.05, 4.69) is 213 Å². The molecule has 0 spiro atoms. The average molecular weight is 646 g/mol. The molecule has 0 amide bonds. The summed E-state index contributed by atoms with van der Waals surface area (Å²) in [5, 5.41) is 6.94. The summed E-state index contributed by atoms with van der Waals surface area (Å²) in [6, 6.07) is 65.9. The highest BCUT2D eigenvalue weighted by Gasteiger charge is 2.13. The van der Waals surface area contributed by atoms with Gasteiger partial charge in [0.05, 0.1) is 17.6 Å². The second kappa shape index (κ2) is 15.2. The highest BCUT2D eigenvalue weighted by molar-refractivity contribution is 5.92. The zero-order chi connectivity index (χ0) is 34.1. The van der Waals surface area contributed by atoms with Crippen molar-refractivity contribution in [1.82, 2.24) is 0 Å². The van der Waals surface area contributed by atoms with Crippen molar-refractivity contribution in [3.8, 4) is 0 Å². The number of aryl methyl sites for hydroxylation is 2. The number of hydrogen-bond acceptors (Lipinski definition) is 3. The summed E-state index contributed by atoms with van der Waals surface area (Å²) < 4.78 is 0. The molecule has 242 valence electrons. The molecule has 50 heavy (non-hydrogen) atoms. The molecule has 0 bridgehead atoms. The van der Waals surface area contributed by atoms with Crippen LogP contribution in [-0.4, -0.2) is 6.21 Å². The van der Waals surface area contributed by atoms with E-state index < -0.39 is 0 Å². The van der Waals surface area contributed by atoms with Crippen LogP contribution >= 0.6 is 0 Å². The fourth-order valence-electron chi connectivity index (χ4n) is 5.97. The molecule has 0 heterocycles. The molecule has 0 saturated heterocycles. The Hall–Kier alpha value is -6.45. The van der Waals surface area contributed by atoms with Crippen LogP contribution < -0.4 is 9.91 Å². The lowest BCUT2D eigenvalue weighted by Crippen LogP contribution is -2.10. The van der Waals surface area contributed by atoms with Crippen LogP contribution in [0.2, 0.25) is 0 Å². The Labute approximate surface area is 295 Å². The Morgan fingerprint density at radius 2 is 0.780 bits per heavy atom. The third-order valence-corrected chi connectivity index (χ3v) is 8.68. The van der Waals surface area contributed by atoms with Gasteiger partial charge >= 0.3 is 0 Å². The molecule has 0 unspecified atom stereocenters. The Morgan fingerprint density at radius 3 is 1.24 bits per heavy atom. The van der Waals surface area contributed by atoms with E-state index in [9.17, 15) is 0 Å². The lowest BCUT2D eigenvalue weighted by Gasteiger charge is -2.25. The summed E-state index contributed by atoms with van der Waals surface area (Å²) >= 11 is 0. The quantitative estimate of drug-likeness (QED) is 0.0837. The molecule has 3 nitrogen and oxygen atoms in total. The predicted octanol–water partition coefficient (Wildman–Crippen LogP) is 12.5. The van der Waals surface area contributed by atoms with Crippen molar-refractivity contribution < 1.29 is 0 Å². The van der Waals surface area contributed by atoms with Gasteiger partial charge in [0.15, 0.2) is 0 Å². The Bertz CT molecular complexity index is 2080. The standard InChI is InChI=1S/C47H39N3/c1-36-18-26-45(27-19-36)50(46-28-20-37(2)21-29-46)48-35-39-24-32-44(33-25-39)49(42-16-10-5-11-17-42)43-30-22-38(23-31-43)34-47(40-12-6-3-7-13-40)41-14-8-4-9-15-41/h3-35H,1-2H3. The van der Waals surface area contributed by atoms with E-state index in [-0.39, 0.29) is 0 Å². The normalized spacial score (nSPS) is 10.9. The topological polar surface area (TPSA) is 18.8 Å². The van der Waals surface area contributed by atoms with E-state index in [0.29, 0.717) is 0 Å². The van der Waals surface area contributed by atoms with Crippen LogP contribution in [-0.2, 0) is 0 Å². The summed E-state index contributed by atoms with van der Waals surface area (Å²) in [5.41, 5.74) is 13.4. The number of hydrazone groups is 1. The lowest BCUT2D eigenvalue weighted by molar-refractivity contribution is 1.09. The lowest BCUT2D eigenvalue weighted by atomic mass is 9.95. The highest BCUT2D eigenvalue weighted by atomic mass is 15.5. The average Bonchev–Trinajstić information content (AvgIpc) is 3.17. The first-order chi connectivity index (χ1) is 24.6.